The Kier molecular flexibility index (Phi) is 6.49. The van der Waals surface area contributed by atoms with Gasteiger partial charge >= 0.3 is 0 Å². The molecule has 0 bridgehead atoms. The maximum Gasteiger partial charge on any atom is 0.255 e. The zero-order chi connectivity index (χ0) is 19.9. The number of methoxy groups -OCH3 is 2. The van der Waals surface area contributed by atoms with Crippen LogP contribution < -0.4 is 25.4 Å². The summed E-state index contributed by atoms with van der Waals surface area (Å²) in [6, 6.07) is 12.2. The molecule has 2 aromatic carbocycles. The van der Waals surface area contributed by atoms with Gasteiger partial charge in [-0.05, 0) is 31.5 Å². The molecule has 1 aliphatic heterocycles. The Morgan fingerprint density at radius 1 is 1.00 bits per heavy atom. The summed E-state index contributed by atoms with van der Waals surface area (Å²) in [6.45, 7) is 1.60. The first-order valence-electron chi connectivity index (χ1n) is 9.26. The highest BCUT2D eigenvalue weighted by atomic mass is 16.5. The van der Waals surface area contributed by atoms with E-state index in [1.54, 1.807) is 36.4 Å². The lowest BCUT2D eigenvalue weighted by atomic mass is 9.98. The molecule has 1 aliphatic rings. The van der Waals surface area contributed by atoms with E-state index < -0.39 is 0 Å². The molecule has 1 atom stereocenters. The van der Waals surface area contributed by atoms with Crippen molar-refractivity contribution in [3.05, 3.63) is 48.0 Å². The summed E-state index contributed by atoms with van der Waals surface area (Å²) in [5.74, 6) is 0.477. The van der Waals surface area contributed by atoms with Crippen LogP contribution in [0, 0.1) is 5.92 Å². The molecule has 7 heteroatoms. The number of ether oxygens (including phenoxy) is 2. The van der Waals surface area contributed by atoms with Gasteiger partial charge in [0.2, 0.25) is 5.91 Å². The number of anilines is 2. The minimum atomic E-state index is -0.258. The number of amides is 2. The Bertz CT molecular complexity index is 833. The summed E-state index contributed by atoms with van der Waals surface area (Å²) >= 11 is 0. The Hall–Kier alpha value is -3.06. The minimum Gasteiger partial charge on any atom is -0.494 e. The Balaban J connectivity index is 1.81. The largest absolute Gasteiger partial charge is 0.494 e. The summed E-state index contributed by atoms with van der Waals surface area (Å²) in [5.41, 5.74) is 1.50. The molecule has 7 nitrogen and oxygen atoms in total. The highest BCUT2D eigenvalue weighted by molar-refractivity contribution is 6.05. The molecule has 0 radical (unpaired) electrons. The third kappa shape index (κ3) is 4.61. The van der Waals surface area contributed by atoms with Crippen LogP contribution in [0.3, 0.4) is 0 Å². The third-order valence-corrected chi connectivity index (χ3v) is 4.73. The molecule has 1 saturated heterocycles. The molecule has 3 rings (SSSR count). The van der Waals surface area contributed by atoms with E-state index in [4.69, 9.17) is 9.47 Å². The lowest BCUT2D eigenvalue weighted by molar-refractivity contribution is -0.120. The average molecular weight is 383 g/mol. The fourth-order valence-corrected chi connectivity index (χ4v) is 3.19. The van der Waals surface area contributed by atoms with Gasteiger partial charge < -0.3 is 25.4 Å². The van der Waals surface area contributed by atoms with Crippen molar-refractivity contribution >= 4 is 23.2 Å². The van der Waals surface area contributed by atoms with Gasteiger partial charge in [-0.1, -0.05) is 18.2 Å². The quantitative estimate of drug-likeness (QED) is 0.714. The van der Waals surface area contributed by atoms with Crippen LogP contribution in [0.25, 0.3) is 0 Å². The van der Waals surface area contributed by atoms with Crippen LogP contribution >= 0.6 is 0 Å². The number of rotatable bonds is 6. The monoisotopic (exact) mass is 383 g/mol. The Morgan fingerprint density at radius 3 is 2.21 bits per heavy atom. The number of hydrogen-bond donors (Lipinski definition) is 3. The topological polar surface area (TPSA) is 88.7 Å². The zero-order valence-electron chi connectivity index (χ0n) is 16.1. The summed E-state index contributed by atoms with van der Waals surface area (Å²) < 4.78 is 10.8. The first-order chi connectivity index (χ1) is 13.6. The van der Waals surface area contributed by atoms with E-state index in [9.17, 15) is 9.59 Å². The van der Waals surface area contributed by atoms with Crippen LogP contribution in [0.4, 0.5) is 11.4 Å². The van der Waals surface area contributed by atoms with Crippen molar-refractivity contribution in [3.8, 4) is 11.5 Å². The van der Waals surface area contributed by atoms with E-state index >= 15 is 0 Å². The van der Waals surface area contributed by atoms with Crippen LogP contribution in [0.1, 0.15) is 23.2 Å². The van der Waals surface area contributed by atoms with Gasteiger partial charge in [0.05, 0.1) is 31.5 Å². The lowest BCUT2D eigenvalue weighted by Gasteiger charge is -2.23. The van der Waals surface area contributed by atoms with Crippen LogP contribution in [-0.2, 0) is 4.79 Å². The molecule has 1 fully saturated rings. The molecule has 0 aromatic heterocycles. The lowest BCUT2D eigenvalue weighted by Crippen LogP contribution is -2.37. The normalized spacial score (nSPS) is 16.1. The fourth-order valence-electron chi connectivity index (χ4n) is 3.19. The van der Waals surface area contributed by atoms with Crippen molar-refractivity contribution in [1.82, 2.24) is 5.32 Å². The molecule has 1 unspecified atom stereocenters. The molecule has 28 heavy (non-hydrogen) atoms. The first-order valence-corrected chi connectivity index (χ1v) is 9.26. The molecule has 3 N–H and O–H groups in total. The van der Waals surface area contributed by atoms with E-state index in [1.807, 2.05) is 6.07 Å². The smallest absolute Gasteiger partial charge is 0.255 e. The highest BCUT2D eigenvalue weighted by Gasteiger charge is 2.23. The van der Waals surface area contributed by atoms with Gasteiger partial charge in [0.15, 0.2) is 0 Å². The van der Waals surface area contributed by atoms with Gasteiger partial charge in [0.25, 0.3) is 5.91 Å². The van der Waals surface area contributed by atoms with Crippen molar-refractivity contribution < 1.29 is 19.1 Å². The minimum absolute atomic E-state index is 0.0615. The fraction of sp³-hybridized carbons (Fsp3) is 0.333. The molecule has 0 saturated carbocycles. The van der Waals surface area contributed by atoms with E-state index in [-0.39, 0.29) is 17.7 Å². The van der Waals surface area contributed by atoms with Gasteiger partial charge in [0, 0.05) is 24.2 Å². The van der Waals surface area contributed by atoms with E-state index in [1.165, 1.54) is 14.2 Å². The van der Waals surface area contributed by atoms with Crippen molar-refractivity contribution in [2.45, 2.75) is 12.8 Å². The molecular weight excluding hydrogens is 358 g/mol. The van der Waals surface area contributed by atoms with E-state index in [0.717, 1.165) is 19.4 Å². The summed E-state index contributed by atoms with van der Waals surface area (Å²) in [7, 11) is 3.03. The molecule has 0 spiro atoms. The van der Waals surface area contributed by atoms with Gasteiger partial charge in [-0.15, -0.1) is 0 Å². The second kappa shape index (κ2) is 9.23. The third-order valence-electron chi connectivity index (χ3n) is 4.73. The van der Waals surface area contributed by atoms with E-state index in [2.05, 4.69) is 16.0 Å². The van der Waals surface area contributed by atoms with Crippen LogP contribution in [0.15, 0.2) is 42.5 Å². The standard InChI is InChI=1S/C21H25N3O4/c1-27-18-12-17(24-21(26)15-9-6-10-22-13-15)19(28-2)11-16(18)23-20(25)14-7-4-3-5-8-14/h3-5,7-8,11-12,15,22H,6,9-10,13H2,1-2H3,(H,23,25)(H,24,26). The molecule has 2 amide bonds. The second-order valence-electron chi connectivity index (χ2n) is 6.61. The predicted molar refractivity (Wildman–Crippen MR) is 108 cm³/mol. The van der Waals surface area contributed by atoms with Gasteiger partial charge in [0.1, 0.15) is 11.5 Å². The van der Waals surface area contributed by atoms with E-state index in [0.29, 0.717) is 35.0 Å². The average Bonchev–Trinajstić information content (AvgIpc) is 2.75. The van der Waals surface area contributed by atoms with Gasteiger partial charge in [-0.25, -0.2) is 0 Å². The number of hydrogen-bond acceptors (Lipinski definition) is 5. The maximum absolute atomic E-state index is 12.6. The molecule has 148 valence electrons. The molecule has 2 aromatic rings. The molecule has 1 heterocycles. The maximum atomic E-state index is 12.6. The van der Waals surface area contributed by atoms with Crippen LogP contribution in [0.2, 0.25) is 0 Å². The molecule has 0 aliphatic carbocycles. The number of piperidine rings is 1. The Labute approximate surface area is 164 Å². The molecular formula is C21H25N3O4. The number of carbonyl (C=O) groups excluding carboxylic acids is 2. The Morgan fingerprint density at radius 2 is 1.64 bits per heavy atom. The van der Waals surface area contributed by atoms with Crippen molar-refractivity contribution in [2.75, 3.05) is 37.9 Å². The summed E-state index contributed by atoms with van der Waals surface area (Å²) in [5, 5.41) is 8.99. The van der Waals surface area contributed by atoms with Gasteiger partial charge in [-0.2, -0.15) is 0 Å². The highest BCUT2D eigenvalue weighted by Crippen LogP contribution is 2.37. The number of carbonyl (C=O) groups is 2. The zero-order valence-corrected chi connectivity index (χ0v) is 16.1. The van der Waals surface area contributed by atoms with Crippen molar-refractivity contribution in [1.29, 1.82) is 0 Å². The van der Waals surface area contributed by atoms with Crippen LogP contribution in [0.5, 0.6) is 11.5 Å². The number of benzene rings is 2. The predicted octanol–water partition coefficient (Wildman–Crippen LogP) is 2.89. The summed E-state index contributed by atoms with van der Waals surface area (Å²) in [4.78, 5) is 25.0. The summed E-state index contributed by atoms with van der Waals surface area (Å²) in [6.07, 6.45) is 1.83. The van der Waals surface area contributed by atoms with Crippen molar-refractivity contribution in [3.63, 3.8) is 0 Å². The van der Waals surface area contributed by atoms with Gasteiger partial charge in [-0.3, -0.25) is 9.59 Å². The first kappa shape index (κ1) is 19.7. The van der Waals surface area contributed by atoms with Crippen molar-refractivity contribution in [2.24, 2.45) is 5.92 Å². The number of nitrogens with one attached hydrogen (secondary N) is 3. The van der Waals surface area contributed by atoms with Crippen LogP contribution in [-0.4, -0.2) is 39.1 Å². The second-order valence-corrected chi connectivity index (χ2v) is 6.61. The SMILES string of the molecule is COc1cc(NC(=O)C2CCCNC2)c(OC)cc1NC(=O)c1ccccc1.